The van der Waals surface area contributed by atoms with E-state index in [9.17, 15) is 14.4 Å². The van der Waals surface area contributed by atoms with Crippen LogP contribution in [-0.2, 0) is 14.4 Å². The standard InChI is InChI=1S/C30H35N3O4/c1-20(2)17-26(19-27(34)33-37)29(35)32-28(30(36)31-21(3)22-11-6-4-7-12-22)25-16-10-15-24(18-25)23-13-8-5-9-14-23/h4-16,18,20-21,26,28,37H,17,19H2,1-3H3,(H,31,36)(H,32,35)(H,33,34)/t21?,26-,28?/m0/s1. The molecule has 0 radical (unpaired) electrons. The number of nitrogens with one attached hydrogen (secondary N) is 3. The van der Waals surface area contributed by atoms with Crippen LogP contribution in [0.2, 0.25) is 0 Å². The van der Waals surface area contributed by atoms with Crippen LogP contribution in [0.4, 0.5) is 0 Å². The number of carbonyl (C=O) groups is 3. The zero-order chi connectivity index (χ0) is 26.8. The normalized spacial score (nSPS) is 13.3. The second-order valence-corrected chi connectivity index (χ2v) is 9.64. The van der Waals surface area contributed by atoms with Crippen LogP contribution in [0.15, 0.2) is 84.9 Å². The summed E-state index contributed by atoms with van der Waals surface area (Å²) in [4.78, 5) is 38.8. The van der Waals surface area contributed by atoms with Crippen molar-refractivity contribution in [2.75, 3.05) is 0 Å². The number of hydroxylamine groups is 1. The summed E-state index contributed by atoms with van der Waals surface area (Å²) in [7, 11) is 0. The van der Waals surface area contributed by atoms with E-state index in [1.807, 2.05) is 106 Å². The molecule has 0 spiro atoms. The first kappa shape index (κ1) is 27.6. The van der Waals surface area contributed by atoms with Crippen molar-refractivity contribution in [3.8, 4) is 11.1 Å². The highest BCUT2D eigenvalue weighted by Gasteiger charge is 2.29. The molecule has 4 N–H and O–H groups in total. The molecule has 3 rings (SSSR count). The summed E-state index contributed by atoms with van der Waals surface area (Å²) >= 11 is 0. The number of hydrogen-bond donors (Lipinski definition) is 4. The molecular weight excluding hydrogens is 466 g/mol. The molecular formula is C30H35N3O4. The maximum Gasteiger partial charge on any atom is 0.247 e. The third-order valence-electron chi connectivity index (χ3n) is 6.22. The van der Waals surface area contributed by atoms with Crippen molar-refractivity contribution in [1.29, 1.82) is 0 Å². The zero-order valence-electron chi connectivity index (χ0n) is 21.5. The summed E-state index contributed by atoms with van der Waals surface area (Å²) in [6.45, 7) is 5.79. The van der Waals surface area contributed by atoms with E-state index in [0.29, 0.717) is 12.0 Å². The Morgan fingerprint density at radius 2 is 1.32 bits per heavy atom. The van der Waals surface area contributed by atoms with Gasteiger partial charge in [0.05, 0.1) is 6.04 Å². The van der Waals surface area contributed by atoms with E-state index in [0.717, 1.165) is 16.7 Å². The number of amides is 3. The fourth-order valence-corrected chi connectivity index (χ4v) is 4.33. The molecule has 0 saturated carbocycles. The van der Waals surface area contributed by atoms with Gasteiger partial charge >= 0.3 is 0 Å². The molecule has 0 saturated heterocycles. The predicted molar refractivity (Wildman–Crippen MR) is 143 cm³/mol. The summed E-state index contributed by atoms with van der Waals surface area (Å²) in [5.74, 6) is -1.99. The van der Waals surface area contributed by atoms with Gasteiger partial charge in [-0.1, -0.05) is 92.7 Å². The van der Waals surface area contributed by atoms with Crippen LogP contribution in [-0.4, -0.2) is 22.9 Å². The van der Waals surface area contributed by atoms with Gasteiger partial charge in [-0.2, -0.15) is 0 Å². The fraction of sp³-hybridized carbons (Fsp3) is 0.300. The number of rotatable bonds is 11. The Kier molecular flexibility index (Phi) is 9.98. The molecule has 0 aliphatic heterocycles. The van der Waals surface area contributed by atoms with E-state index in [4.69, 9.17) is 5.21 Å². The SMILES string of the molecule is CC(C)C[C@@H](CC(=O)NO)C(=O)NC(C(=O)NC(C)c1ccccc1)c1cccc(-c2ccccc2)c1. The lowest BCUT2D eigenvalue weighted by atomic mass is 9.92. The second kappa shape index (κ2) is 13.4. The minimum absolute atomic E-state index is 0.133. The summed E-state index contributed by atoms with van der Waals surface area (Å²) in [5, 5.41) is 14.9. The largest absolute Gasteiger partial charge is 0.347 e. The quantitative estimate of drug-likeness (QED) is 0.220. The summed E-state index contributed by atoms with van der Waals surface area (Å²) in [6, 6.07) is 25.6. The third-order valence-corrected chi connectivity index (χ3v) is 6.22. The van der Waals surface area contributed by atoms with Crippen molar-refractivity contribution >= 4 is 17.7 Å². The zero-order valence-corrected chi connectivity index (χ0v) is 21.5. The number of carbonyl (C=O) groups excluding carboxylic acids is 3. The lowest BCUT2D eigenvalue weighted by molar-refractivity contribution is -0.136. The lowest BCUT2D eigenvalue weighted by Crippen LogP contribution is -2.44. The molecule has 0 aliphatic rings. The summed E-state index contributed by atoms with van der Waals surface area (Å²) in [6.07, 6.45) is 0.247. The molecule has 7 nitrogen and oxygen atoms in total. The molecule has 3 amide bonds. The van der Waals surface area contributed by atoms with Gasteiger partial charge in [0.1, 0.15) is 6.04 Å². The van der Waals surface area contributed by atoms with Gasteiger partial charge in [0.2, 0.25) is 17.7 Å². The van der Waals surface area contributed by atoms with E-state index >= 15 is 0 Å². The van der Waals surface area contributed by atoms with Crippen LogP contribution < -0.4 is 16.1 Å². The van der Waals surface area contributed by atoms with Crippen molar-refractivity contribution in [3.63, 3.8) is 0 Å². The van der Waals surface area contributed by atoms with Gasteiger partial charge in [0.25, 0.3) is 0 Å². The first-order chi connectivity index (χ1) is 17.8. The maximum absolute atomic E-state index is 13.6. The van der Waals surface area contributed by atoms with Gasteiger partial charge < -0.3 is 10.6 Å². The Hall–Kier alpha value is -3.97. The predicted octanol–water partition coefficient (Wildman–Crippen LogP) is 4.95. The van der Waals surface area contributed by atoms with E-state index in [-0.39, 0.29) is 24.3 Å². The number of hydrogen-bond acceptors (Lipinski definition) is 4. The maximum atomic E-state index is 13.6. The average Bonchev–Trinajstić information content (AvgIpc) is 2.91. The van der Waals surface area contributed by atoms with Crippen LogP contribution in [0.25, 0.3) is 11.1 Å². The van der Waals surface area contributed by atoms with E-state index in [1.165, 1.54) is 0 Å². The topological polar surface area (TPSA) is 108 Å². The highest BCUT2D eigenvalue weighted by Crippen LogP contribution is 2.25. The van der Waals surface area contributed by atoms with E-state index < -0.39 is 23.8 Å². The lowest BCUT2D eigenvalue weighted by Gasteiger charge is -2.25. The Balaban J connectivity index is 1.92. The van der Waals surface area contributed by atoms with Gasteiger partial charge in [-0.05, 0) is 47.6 Å². The van der Waals surface area contributed by atoms with Crippen LogP contribution in [0.5, 0.6) is 0 Å². The monoisotopic (exact) mass is 501 g/mol. The van der Waals surface area contributed by atoms with E-state index in [2.05, 4.69) is 10.6 Å². The highest BCUT2D eigenvalue weighted by molar-refractivity contribution is 5.91. The molecule has 3 aromatic carbocycles. The van der Waals surface area contributed by atoms with Gasteiger partial charge in [-0.15, -0.1) is 0 Å². The van der Waals surface area contributed by atoms with Gasteiger partial charge in [-0.25, -0.2) is 5.48 Å². The van der Waals surface area contributed by atoms with E-state index in [1.54, 1.807) is 5.48 Å². The Labute approximate surface area is 218 Å². The minimum Gasteiger partial charge on any atom is -0.347 e. The second-order valence-electron chi connectivity index (χ2n) is 9.64. The van der Waals surface area contributed by atoms with Crippen molar-refractivity contribution < 1.29 is 19.6 Å². The summed E-state index contributed by atoms with van der Waals surface area (Å²) in [5.41, 5.74) is 5.08. The van der Waals surface area contributed by atoms with Crippen LogP contribution >= 0.6 is 0 Å². The smallest absolute Gasteiger partial charge is 0.247 e. The molecule has 7 heteroatoms. The van der Waals surface area contributed by atoms with Crippen LogP contribution in [0, 0.1) is 11.8 Å². The van der Waals surface area contributed by atoms with Gasteiger partial charge in [-0.3, -0.25) is 19.6 Å². The van der Waals surface area contributed by atoms with Crippen LogP contribution in [0.1, 0.15) is 56.8 Å². The molecule has 2 unspecified atom stereocenters. The molecule has 3 aromatic rings. The third kappa shape index (κ3) is 8.02. The first-order valence-electron chi connectivity index (χ1n) is 12.5. The summed E-state index contributed by atoms with van der Waals surface area (Å²) < 4.78 is 0. The molecule has 0 bridgehead atoms. The molecule has 0 fully saturated rings. The first-order valence-corrected chi connectivity index (χ1v) is 12.5. The van der Waals surface area contributed by atoms with Crippen molar-refractivity contribution in [2.45, 2.75) is 45.7 Å². The van der Waals surface area contributed by atoms with Gasteiger partial charge in [0, 0.05) is 12.3 Å². The molecule has 3 atom stereocenters. The van der Waals surface area contributed by atoms with Gasteiger partial charge in [0.15, 0.2) is 0 Å². The van der Waals surface area contributed by atoms with Crippen LogP contribution in [0.3, 0.4) is 0 Å². The van der Waals surface area contributed by atoms with Crippen molar-refractivity contribution in [1.82, 2.24) is 16.1 Å². The minimum atomic E-state index is -0.978. The highest BCUT2D eigenvalue weighted by atomic mass is 16.5. The Morgan fingerprint density at radius 3 is 1.95 bits per heavy atom. The fourth-order valence-electron chi connectivity index (χ4n) is 4.33. The molecule has 37 heavy (non-hydrogen) atoms. The Morgan fingerprint density at radius 1 is 0.730 bits per heavy atom. The molecule has 0 aromatic heterocycles. The molecule has 0 heterocycles. The molecule has 194 valence electrons. The average molecular weight is 502 g/mol. The number of benzene rings is 3. The van der Waals surface area contributed by atoms with Crippen molar-refractivity contribution in [2.24, 2.45) is 11.8 Å². The Bertz CT molecular complexity index is 1180. The van der Waals surface area contributed by atoms with Crippen molar-refractivity contribution in [3.05, 3.63) is 96.1 Å². The molecule has 0 aliphatic carbocycles.